The van der Waals surface area contributed by atoms with Crippen molar-refractivity contribution in [1.29, 1.82) is 0 Å². The van der Waals surface area contributed by atoms with Crippen molar-refractivity contribution < 1.29 is 22.0 Å². The molecular formula is C8H12BF4OP. The highest BCUT2D eigenvalue weighted by atomic mass is 31.0. The minimum Gasteiger partial charge on any atom is -0.494 e. The third-order valence-corrected chi connectivity index (χ3v) is 1.65. The van der Waals surface area contributed by atoms with Crippen molar-refractivity contribution >= 4 is 21.8 Å². The molecule has 0 radical (unpaired) electrons. The van der Waals surface area contributed by atoms with E-state index in [0.717, 1.165) is 12.4 Å². The predicted molar refractivity (Wildman–Crippen MR) is 58.5 cm³/mol. The van der Waals surface area contributed by atoms with Gasteiger partial charge in [-0.15, -0.1) is 0 Å². The van der Waals surface area contributed by atoms with E-state index in [9.17, 15) is 17.3 Å². The minimum atomic E-state index is -6.00. The molecule has 0 N–H and O–H groups in total. The molecule has 0 amide bonds. The number of hydrogen-bond acceptors (Lipinski definition) is 1. The molecule has 0 bridgehead atoms. The molecule has 15 heavy (non-hydrogen) atoms. The molecule has 1 atom stereocenters. The molecule has 1 rings (SSSR count). The molecule has 0 aliphatic carbocycles. The third-order valence-electron chi connectivity index (χ3n) is 1.21. The van der Waals surface area contributed by atoms with Crippen LogP contribution in [0.3, 0.4) is 0 Å². The van der Waals surface area contributed by atoms with Crippen molar-refractivity contribution in [2.45, 2.75) is 6.92 Å². The number of hydrogen-bond donors (Lipinski definition) is 0. The van der Waals surface area contributed by atoms with Gasteiger partial charge in [-0.1, -0.05) is 6.07 Å². The SMILES string of the molecule is CCOc1cccc([PH3+])c1.F[B-](F)(F)F. The third kappa shape index (κ3) is 11.2. The Balaban J connectivity index is 0.000000336. The van der Waals surface area contributed by atoms with Gasteiger partial charge in [0.05, 0.1) is 11.9 Å². The van der Waals surface area contributed by atoms with Gasteiger partial charge in [0.25, 0.3) is 0 Å². The summed E-state index contributed by atoms with van der Waals surface area (Å²) in [5.74, 6) is 0.968. The highest BCUT2D eigenvalue weighted by molar-refractivity contribution is 7.27. The number of rotatable bonds is 2. The summed E-state index contributed by atoms with van der Waals surface area (Å²) >= 11 is 0. The zero-order valence-corrected chi connectivity index (χ0v) is 9.64. The summed E-state index contributed by atoms with van der Waals surface area (Å²) in [4.78, 5) is 0. The molecule has 1 nitrogen and oxygen atoms in total. The molecule has 1 aromatic rings. The molecule has 0 heterocycles. The van der Waals surface area contributed by atoms with Gasteiger partial charge in [-0.25, -0.2) is 0 Å². The van der Waals surface area contributed by atoms with Crippen LogP contribution >= 0.6 is 9.24 Å². The molecule has 1 aromatic carbocycles. The van der Waals surface area contributed by atoms with Crippen molar-refractivity contribution in [1.82, 2.24) is 0 Å². The van der Waals surface area contributed by atoms with Crippen LogP contribution in [-0.4, -0.2) is 13.9 Å². The van der Waals surface area contributed by atoms with Gasteiger partial charge in [0.15, 0.2) is 0 Å². The Morgan fingerprint density at radius 1 is 1.27 bits per heavy atom. The fraction of sp³-hybridized carbons (Fsp3) is 0.250. The van der Waals surface area contributed by atoms with Crippen LogP contribution < -0.4 is 10.0 Å². The second-order valence-corrected chi connectivity index (χ2v) is 3.39. The van der Waals surface area contributed by atoms with E-state index in [-0.39, 0.29) is 0 Å². The second-order valence-electron chi connectivity index (χ2n) is 2.58. The average Bonchev–Trinajstić information content (AvgIpc) is 2.01. The summed E-state index contributed by atoms with van der Waals surface area (Å²) < 4.78 is 44.3. The van der Waals surface area contributed by atoms with E-state index in [4.69, 9.17) is 4.74 Å². The Morgan fingerprint density at radius 3 is 2.20 bits per heavy atom. The zero-order valence-electron chi connectivity index (χ0n) is 8.22. The molecule has 0 spiro atoms. The smallest absolute Gasteiger partial charge is 0.494 e. The molecule has 86 valence electrons. The van der Waals surface area contributed by atoms with Gasteiger partial charge in [0, 0.05) is 15.3 Å². The van der Waals surface area contributed by atoms with Crippen LogP contribution in [0.5, 0.6) is 5.75 Å². The maximum atomic E-state index is 9.75. The Bertz CT molecular complexity index is 286. The van der Waals surface area contributed by atoms with Gasteiger partial charge in [-0.2, -0.15) is 0 Å². The van der Waals surface area contributed by atoms with E-state index < -0.39 is 7.25 Å². The lowest BCUT2D eigenvalue weighted by molar-refractivity contribution is 0.340. The van der Waals surface area contributed by atoms with Crippen LogP contribution in [0.1, 0.15) is 6.92 Å². The van der Waals surface area contributed by atoms with Crippen molar-refractivity contribution in [3.05, 3.63) is 24.3 Å². The predicted octanol–water partition coefficient (Wildman–Crippen LogP) is 2.62. The first-order valence-electron chi connectivity index (χ1n) is 4.25. The summed E-state index contributed by atoms with van der Waals surface area (Å²) in [5.41, 5.74) is 0. The average molecular weight is 242 g/mol. The van der Waals surface area contributed by atoms with Crippen LogP contribution in [0, 0.1) is 0 Å². The maximum absolute atomic E-state index is 9.75. The van der Waals surface area contributed by atoms with Crippen molar-refractivity contribution in [2.75, 3.05) is 6.61 Å². The molecule has 0 fully saturated rings. The lowest BCUT2D eigenvalue weighted by atomic mass is 10.3. The van der Waals surface area contributed by atoms with Crippen molar-refractivity contribution in [2.24, 2.45) is 0 Å². The van der Waals surface area contributed by atoms with E-state index in [2.05, 4.69) is 6.07 Å². The highest BCUT2D eigenvalue weighted by Gasteiger charge is 2.20. The van der Waals surface area contributed by atoms with Crippen LogP contribution in [0.4, 0.5) is 17.3 Å². The standard InChI is InChI=1S/C8H11OP.BF4/c1-2-9-7-4-3-5-8(10)6-7;2-1(3,4)5/h3-6H,2,10H2,1H3;/q;-1/p+1. The van der Waals surface area contributed by atoms with E-state index in [1.54, 1.807) is 0 Å². The fourth-order valence-electron chi connectivity index (χ4n) is 0.802. The van der Waals surface area contributed by atoms with Gasteiger partial charge in [0.2, 0.25) is 0 Å². The maximum Gasteiger partial charge on any atom is 0.673 e. The monoisotopic (exact) mass is 242 g/mol. The van der Waals surface area contributed by atoms with Crippen molar-refractivity contribution in [3.8, 4) is 5.75 Å². The van der Waals surface area contributed by atoms with E-state index >= 15 is 0 Å². The summed E-state index contributed by atoms with van der Waals surface area (Å²) in [6.07, 6.45) is 0. The quantitative estimate of drug-likeness (QED) is 0.440. The Morgan fingerprint density at radius 2 is 1.80 bits per heavy atom. The lowest BCUT2D eigenvalue weighted by Gasteiger charge is -2.00. The number of ether oxygens (including phenoxy) is 1. The van der Waals surface area contributed by atoms with E-state index in [1.807, 2.05) is 34.4 Å². The van der Waals surface area contributed by atoms with E-state index in [0.29, 0.717) is 0 Å². The van der Waals surface area contributed by atoms with Gasteiger partial charge >= 0.3 is 7.25 Å². The minimum absolute atomic E-state index is 0.743. The normalized spacial score (nSPS) is 10.5. The summed E-state index contributed by atoms with van der Waals surface area (Å²) in [6, 6.07) is 8.09. The number of halogens is 4. The first-order valence-corrected chi connectivity index (χ1v) is 4.95. The molecule has 7 heteroatoms. The largest absolute Gasteiger partial charge is 0.673 e. The summed E-state index contributed by atoms with van der Waals surface area (Å²) in [7, 11) is -4.13. The van der Waals surface area contributed by atoms with Gasteiger partial charge in [-0.3, -0.25) is 0 Å². The number of benzene rings is 1. The van der Waals surface area contributed by atoms with Gasteiger partial charge in [-0.05, 0) is 19.1 Å². The Hall–Kier alpha value is -0.765. The van der Waals surface area contributed by atoms with Crippen molar-refractivity contribution in [3.63, 3.8) is 0 Å². The van der Waals surface area contributed by atoms with Gasteiger partial charge < -0.3 is 22.0 Å². The molecular weight excluding hydrogens is 230 g/mol. The zero-order chi connectivity index (χ0) is 11.9. The lowest BCUT2D eigenvalue weighted by Crippen LogP contribution is -2.02. The fourth-order valence-corrected chi connectivity index (χ4v) is 1.14. The Labute approximate surface area is 88.1 Å². The second kappa shape index (κ2) is 6.67. The molecule has 1 unspecified atom stereocenters. The summed E-state index contributed by atoms with van der Waals surface area (Å²) in [6.45, 7) is 2.73. The van der Waals surface area contributed by atoms with Gasteiger partial charge in [0.1, 0.15) is 5.75 Å². The van der Waals surface area contributed by atoms with Crippen LogP contribution in [0.2, 0.25) is 0 Å². The summed E-state index contributed by atoms with van der Waals surface area (Å²) in [5, 5.41) is 1.27. The first-order chi connectivity index (χ1) is 6.83. The molecule has 0 saturated heterocycles. The topological polar surface area (TPSA) is 9.23 Å². The van der Waals surface area contributed by atoms with E-state index in [1.165, 1.54) is 5.30 Å². The molecule has 0 aromatic heterocycles. The first kappa shape index (κ1) is 14.2. The van der Waals surface area contributed by atoms with Crippen LogP contribution in [0.25, 0.3) is 0 Å². The molecule has 0 saturated carbocycles. The highest BCUT2D eigenvalue weighted by Crippen LogP contribution is 2.08. The molecule has 0 aliphatic heterocycles. The Kier molecular flexibility index (Phi) is 6.33. The molecule has 0 aliphatic rings. The van der Waals surface area contributed by atoms with Crippen LogP contribution in [0.15, 0.2) is 24.3 Å². The van der Waals surface area contributed by atoms with Crippen LogP contribution in [-0.2, 0) is 0 Å².